The molecule has 1 aliphatic heterocycles. The molecule has 23 heavy (non-hydrogen) atoms. The maximum atomic E-state index is 11.7. The maximum Gasteiger partial charge on any atom is 0.310 e. The van der Waals surface area contributed by atoms with E-state index < -0.39 is 0 Å². The Morgan fingerprint density at radius 2 is 1.87 bits per heavy atom. The van der Waals surface area contributed by atoms with Gasteiger partial charge in [0.2, 0.25) is 0 Å². The topological polar surface area (TPSA) is 53.4 Å². The van der Waals surface area contributed by atoms with E-state index in [9.17, 15) is 4.79 Å². The Kier molecular flexibility index (Phi) is 4.15. The average Bonchev–Trinajstić information content (AvgIpc) is 2.85. The summed E-state index contributed by atoms with van der Waals surface area (Å²) in [5.41, 5.74) is 4.04. The van der Waals surface area contributed by atoms with Gasteiger partial charge in [0.15, 0.2) is 0 Å². The van der Waals surface area contributed by atoms with Crippen molar-refractivity contribution < 1.29 is 9.53 Å². The number of esters is 1. The Bertz CT molecular complexity index is 735. The lowest BCUT2D eigenvalue weighted by Gasteiger charge is -2.18. The summed E-state index contributed by atoms with van der Waals surface area (Å²) < 4.78 is 5.16. The van der Waals surface area contributed by atoms with E-state index in [0.717, 1.165) is 16.8 Å². The lowest BCUT2D eigenvalue weighted by molar-refractivity contribution is -0.146. The molecule has 0 aliphatic carbocycles. The van der Waals surface area contributed by atoms with Crippen LogP contribution in [0.3, 0.4) is 0 Å². The number of benzene rings is 2. The largest absolute Gasteiger partial charge is 0.463 e. The van der Waals surface area contributed by atoms with Crippen LogP contribution < -0.4 is 4.90 Å². The maximum absolute atomic E-state index is 11.7. The van der Waals surface area contributed by atoms with E-state index in [4.69, 9.17) is 10.1 Å². The van der Waals surface area contributed by atoms with Crippen LogP contribution in [-0.2, 0) is 22.5 Å². The van der Waals surface area contributed by atoms with Crippen LogP contribution in [0.15, 0.2) is 48.5 Å². The molecule has 1 heterocycles. The molecule has 118 valence electrons. The van der Waals surface area contributed by atoms with Gasteiger partial charge in [-0.1, -0.05) is 36.4 Å². The van der Waals surface area contributed by atoms with Crippen LogP contribution in [0.5, 0.6) is 0 Å². The second-order valence-electron chi connectivity index (χ2n) is 5.97. The van der Waals surface area contributed by atoms with Crippen molar-refractivity contribution >= 4 is 17.5 Å². The molecule has 0 radical (unpaired) electrons. The number of anilines is 1. The van der Waals surface area contributed by atoms with Crippen LogP contribution in [-0.4, -0.2) is 17.9 Å². The van der Waals surface area contributed by atoms with Gasteiger partial charge in [-0.3, -0.25) is 10.2 Å². The molecule has 4 nitrogen and oxygen atoms in total. The van der Waals surface area contributed by atoms with Crippen molar-refractivity contribution in [3.8, 4) is 0 Å². The molecule has 0 aromatic heterocycles. The first-order valence-electron chi connectivity index (χ1n) is 7.77. The monoisotopic (exact) mass is 308 g/mol. The first-order chi connectivity index (χ1) is 11.0. The number of rotatable bonds is 4. The minimum Gasteiger partial charge on any atom is -0.463 e. The Morgan fingerprint density at radius 1 is 1.17 bits per heavy atom. The molecule has 0 saturated heterocycles. The fourth-order valence-electron chi connectivity index (χ4n) is 2.77. The Morgan fingerprint density at radius 3 is 2.52 bits per heavy atom. The number of amidine groups is 1. The summed E-state index contributed by atoms with van der Waals surface area (Å²) in [6.07, 6.45) is 0.182. The average molecular weight is 308 g/mol. The molecule has 0 atom stereocenters. The number of ether oxygens (including phenoxy) is 1. The van der Waals surface area contributed by atoms with Crippen LogP contribution in [0.4, 0.5) is 5.69 Å². The standard InChI is InChI=1S/C19H20N2O2/c1-13(2)23-18(22)11-14-7-9-16(10-8-14)21-12-15-5-3-4-6-17(15)19(21)20/h3-10,13,20H,11-12H2,1-2H3. The molecule has 0 fully saturated rings. The zero-order valence-electron chi connectivity index (χ0n) is 13.4. The van der Waals surface area contributed by atoms with Gasteiger partial charge in [0.1, 0.15) is 5.84 Å². The van der Waals surface area contributed by atoms with Crippen LogP contribution in [0.2, 0.25) is 0 Å². The Hall–Kier alpha value is -2.62. The number of hydrogen-bond donors (Lipinski definition) is 1. The van der Waals surface area contributed by atoms with Crippen LogP contribution >= 0.6 is 0 Å². The molecular formula is C19H20N2O2. The number of hydrogen-bond acceptors (Lipinski definition) is 3. The summed E-state index contributed by atoms with van der Waals surface area (Å²) in [4.78, 5) is 13.7. The summed E-state index contributed by atoms with van der Waals surface area (Å²) in [6.45, 7) is 4.40. The summed E-state index contributed by atoms with van der Waals surface area (Å²) in [6, 6.07) is 15.8. The molecule has 2 aromatic rings. The highest BCUT2D eigenvalue weighted by molar-refractivity contribution is 6.11. The molecule has 1 N–H and O–H groups in total. The van der Waals surface area contributed by atoms with Gasteiger partial charge in [-0.25, -0.2) is 0 Å². The molecule has 2 aromatic carbocycles. The molecule has 3 rings (SSSR count). The van der Waals surface area contributed by atoms with Gasteiger partial charge in [-0.05, 0) is 37.1 Å². The van der Waals surface area contributed by atoms with Crippen molar-refractivity contribution in [1.29, 1.82) is 5.41 Å². The molecule has 0 saturated carbocycles. The van der Waals surface area contributed by atoms with Crippen LogP contribution in [0, 0.1) is 5.41 Å². The van der Waals surface area contributed by atoms with Crippen molar-refractivity contribution in [3.05, 3.63) is 65.2 Å². The summed E-state index contributed by atoms with van der Waals surface area (Å²) in [5, 5.41) is 8.32. The predicted molar refractivity (Wildman–Crippen MR) is 90.8 cm³/mol. The molecular weight excluding hydrogens is 288 g/mol. The van der Waals surface area contributed by atoms with Gasteiger partial charge >= 0.3 is 5.97 Å². The minimum atomic E-state index is -0.214. The van der Waals surface area contributed by atoms with Gasteiger partial charge in [0.25, 0.3) is 0 Å². The lowest BCUT2D eigenvalue weighted by Crippen LogP contribution is -2.23. The van der Waals surface area contributed by atoms with Crippen molar-refractivity contribution in [2.45, 2.75) is 32.9 Å². The number of carbonyl (C=O) groups is 1. The molecule has 0 unspecified atom stereocenters. The van der Waals surface area contributed by atoms with Gasteiger partial charge in [0.05, 0.1) is 19.1 Å². The van der Waals surface area contributed by atoms with Crippen LogP contribution in [0.25, 0.3) is 0 Å². The van der Waals surface area contributed by atoms with E-state index in [-0.39, 0.29) is 18.5 Å². The van der Waals surface area contributed by atoms with Crippen molar-refractivity contribution in [2.24, 2.45) is 0 Å². The minimum absolute atomic E-state index is 0.0923. The Labute approximate surface area is 136 Å². The summed E-state index contributed by atoms with van der Waals surface area (Å²) in [5.74, 6) is 0.307. The molecule has 4 heteroatoms. The number of fused-ring (bicyclic) bond motifs is 1. The fraction of sp³-hybridized carbons (Fsp3) is 0.263. The first kappa shape index (κ1) is 15.3. The number of nitrogens with one attached hydrogen (secondary N) is 1. The highest BCUT2D eigenvalue weighted by atomic mass is 16.5. The van der Waals surface area contributed by atoms with E-state index in [0.29, 0.717) is 12.4 Å². The SMILES string of the molecule is CC(C)OC(=O)Cc1ccc(N2Cc3ccccc3C2=N)cc1. The third-order valence-electron chi connectivity index (χ3n) is 3.83. The molecule has 0 bridgehead atoms. The van der Waals surface area contributed by atoms with E-state index in [1.165, 1.54) is 5.56 Å². The second kappa shape index (κ2) is 6.24. The Balaban J connectivity index is 1.71. The zero-order valence-corrected chi connectivity index (χ0v) is 13.4. The number of carbonyl (C=O) groups excluding carboxylic acids is 1. The number of nitrogens with zero attached hydrogens (tertiary/aromatic N) is 1. The third-order valence-corrected chi connectivity index (χ3v) is 3.83. The van der Waals surface area contributed by atoms with Gasteiger partial charge in [-0.15, -0.1) is 0 Å². The quantitative estimate of drug-likeness (QED) is 0.879. The smallest absolute Gasteiger partial charge is 0.310 e. The lowest BCUT2D eigenvalue weighted by atomic mass is 10.1. The summed E-state index contributed by atoms with van der Waals surface area (Å²) >= 11 is 0. The van der Waals surface area contributed by atoms with Crippen LogP contribution in [0.1, 0.15) is 30.5 Å². The van der Waals surface area contributed by atoms with Gasteiger partial charge < -0.3 is 9.64 Å². The fourth-order valence-corrected chi connectivity index (χ4v) is 2.77. The molecule has 0 amide bonds. The van der Waals surface area contributed by atoms with E-state index in [1.807, 2.05) is 61.2 Å². The molecule has 1 aliphatic rings. The van der Waals surface area contributed by atoms with Crippen molar-refractivity contribution in [2.75, 3.05) is 4.90 Å². The second-order valence-corrected chi connectivity index (χ2v) is 5.97. The van der Waals surface area contributed by atoms with E-state index in [2.05, 4.69) is 6.07 Å². The van der Waals surface area contributed by atoms with Crippen molar-refractivity contribution in [3.63, 3.8) is 0 Å². The van der Waals surface area contributed by atoms with Gasteiger partial charge in [-0.2, -0.15) is 0 Å². The highest BCUT2D eigenvalue weighted by Crippen LogP contribution is 2.28. The molecule has 0 spiro atoms. The summed E-state index contributed by atoms with van der Waals surface area (Å²) in [7, 11) is 0. The first-order valence-corrected chi connectivity index (χ1v) is 7.77. The predicted octanol–water partition coefficient (Wildman–Crippen LogP) is 3.53. The third kappa shape index (κ3) is 3.26. The highest BCUT2D eigenvalue weighted by Gasteiger charge is 2.24. The van der Waals surface area contributed by atoms with Crippen molar-refractivity contribution in [1.82, 2.24) is 0 Å². The van der Waals surface area contributed by atoms with E-state index in [1.54, 1.807) is 0 Å². The van der Waals surface area contributed by atoms with Gasteiger partial charge in [0, 0.05) is 11.3 Å². The zero-order chi connectivity index (χ0) is 16.4. The normalized spacial score (nSPS) is 13.3. The van der Waals surface area contributed by atoms with E-state index >= 15 is 0 Å².